The van der Waals surface area contributed by atoms with E-state index in [0.29, 0.717) is 67.8 Å². The van der Waals surface area contributed by atoms with Crippen molar-refractivity contribution in [3.05, 3.63) is 64.2 Å². The van der Waals surface area contributed by atoms with E-state index in [4.69, 9.17) is 4.74 Å². The van der Waals surface area contributed by atoms with Gasteiger partial charge >= 0.3 is 6.18 Å². The fourth-order valence-corrected chi connectivity index (χ4v) is 9.10. The van der Waals surface area contributed by atoms with E-state index in [1.54, 1.807) is 6.07 Å². The molecule has 1 N–H and O–H groups in total. The Morgan fingerprint density at radius 2 is 1.85 bits per heavy atom. The van der Waals surface area contributed by atoms with Gasteiger partial charge in [-0.1, -0.05) is 37.8 Å². The number of halogens is 4. The van der Waals surface area contributed by atoms with Gasteiger partial charge in [0.15, 0.2) is 0 Å². The minimum atomic E-state index is -4.61. The Morgan fingerprint density at radius 3 is 2.54 bits per heavy atom. The molecular weight excluding hydrogens is 596 g/mol. The van der Waals surface area contributed by atoms with Gasteiger partial charge in [-0.15, -0.1) is 0 Å². The van der Waals surface area contributed by atoms with Gasteiger partial charge in [0.25, 0.3) is 5.91 Å². The average Bonchev–Trinajstić information content (AvgIpc) is 3.64. The van der Waals surface area contributed by atoms with Crippen LogP contribution in [0.15, 0.2) is 36.4 Å². The number of likely N-dealkylation sites (tertiary alicyclic amines) is 1. The molecule has 1 saturated carbocycles. The Bertz CT molecular complexity index is 1440. The Kier molecular flexibility index (Phi) is 8.70. The van der Waals surface area contributed by atoms with Crippen molar-refractivity contribution in [3.63, 3.8) is 0 Å². The number of nitrogens with one attached hydrogen (secondary N) is 1. The fourth-order valence-electron chi connectivity index (χ4n) is 9.10. The number of benzene rings is 2. The highest BCUT2D eigenvalue weighted by atomic mass is 19.4. The van der Waals surface area contributed by atoms with E-state index in [1.807, 2.05) is 23.1 Å². The first-order valence-electron chi connectivity index (χ1n) is 17.1. The molecular formula is C36H46F4N4O2. The van der Waals surface area contributed by atoms with Crippen molar-refractivity contribution >= 4 is 11.6 Å². The second kappa shape index (κ2) is 12.5. The Hall–Kier alpha value is -2.53. The van der Waals surface area contributed by atoms with Crippen LogP contribution in [-0.4, -0.2) is 74.0 Å². The molecule has 46 heavy (non-hydrogen) atoms. The van der Waals surface area contributed by atoms with Gasteiger partial charge in [0.1, 0.15) is 6.17 Å². The highest BCUT2D eigenvalue weighted by Crippen LogP contribution is 2.46. The molecule has 4 fully saturated rings. The van der Waals surface area contributed by atoms with Crippen LogP contribution in [0.1, 0.15) is 84.5 Å². The van der Waals surface area contributed by atoms with Crippen molar-refractivity contribution < 1.29 is 27.1 Å². The highest BCUT2D eigenvalue weighted by Gasteiger charge is 2.49. The van der Waals surface area contributed by atoms with Crippen molar-refractivity contribution in [2.45, 2.75) is 94.8 Å². The molecule has 250 valence electrons. The van der Waals surface area contributed by atoms with Crippen LogP contribution in [0.2, 0.25) is 0 Å². The van der Waals surface area contributed by atoms with E-state index < -0.39 is 23.8 Å². The number of alkyl halides is 4. The van der Waals surface area contributed by atoms with Gasteiger partial charge in [-0.2, -0.15) is 13.2 Å². The number of hydrogen-bond donors (Lipinski definition) is 1. The predicted molar refractivity (Wildman–Crippen MR) is 169 cm³/mol. The van der Waals surface area contributed by atoms with Gasteiger partial charge in [-0.25, -0.2) is 4.39 Å². The third kappa shape index (κ3) is 5.99. The summed E-state index contributed by atoms with van der Waals surface area (Å²) in [6.07, 6.45) is 1.62. The summed E-state index contributed by atoms with van der Waals surface area (Å²) in [5.41, 5.74) is 1.20. The number of rotatable bonds is 7. The minimum Gasteiger partial charge on any atom is -0.379 e. The maximum atomic E-state index is 14.4. The fraction of sp³-hybridized carbons (Fsp3) is 0.639. The number of nitrogens with zero attached hydrogens (tertiary/aromatic N) is 3. The number of carbonyl (C=O) groups excluding carboxylic acids is 1. The zero-order chi connectivity index (χ0) is 32.2. The predicted octanol–water partition coefficient (Wildman–Crippen LogP) is 6.51. The molecule has 6 nitrogen and oxygen atoms in total. The molecule has 2 aromatic rings. The first-order valence-corrected chi connectivity index (χ1v) is 17.1. The second-order valence-electron chi connectivity index (χ2n) is 14.7. The number of carbonyl (C=O) groups is 1. The molecule has 3 unspecified atom stereocenters. The summed E-state index contributed by atoms with van der Waals surface area (Å²) < 4.78 is 63.1. The molecule has 0 radical (unpaired) electrons. The monoisotopic (exact) mass is 642 g/mol. The molecule has 0 bridgehead atoms. The van der Waals surface area contributed by atoms with Crippen molar-refractivity contribution in [2.75, 3.05) is 44.9 Å². The van der Waals surface area contributed by atoms with E-state index >= 15 is 0 Å². The summed E-state index contributed by atoms with van der Waals surface area (Å²) >= 11 is 0. The standard InChI is InChI=1S/C36H46F4N4O2/c1-23-33(25-7-3-4-8-25)32(42(2)22-41-23)16-35(20-46-21-35)26-9-5-11-28(15-26)44-19-30-29(34(44)45)13-24(14-31(30)36(38,39)40)17-43-12-6-10-27(37)18-43/h5,9,11,13-15,23,25,27,32-33,41H,3-4,6-8,10,12,16-22H2,1-2H3/t23?,27-,32?,33?/m0/s1. The molecule has 0 spiro atoms. The number of amides is 1. The van der Waals surface area contributed by atoms with E-state index in [9.17, 15) is 22.4 Å². The van der Waals surface area contributed by atoms with Gasteiger partial charge in [-0.05, 0) is 92.6 Å². The van der Waals surface area contributed by atoms with Crippen LogP contribution in [0.5, 0.6) is 0 Å². The third-order valence-electron chi connectivity index (χ3n) is 11.6. The molecule has 10 heteroatoms. The summed E-state index contributed by atoms with van der Waals surface area (Å²) in [5, 5.41) is 3.70. The Morgan fingerprint density at radius 1 is 1.07 bits per heavy atom. The number of anilines is 1. The number of fused-ring (bicyclic) bond motifs is 1. The van der Waals surface area contributed by atoms with Crippen LogP contribution in [-0.2, 0) is 29.4 Å². The number of piperidine rings is 1. The van der Waals surface area contributed by atoms with Crippen LogP contribution in [0, 0.1) is 11.8 Å². The maximum Gasteiger partial charge on any atom is 0.416 e. The maximum absolute atomic E-state index is 14.4. The number of ether oxygens (including phenoxy) is 1. The third-order valence-corrected chi connectivity index (χ3v) is 11.6. The topological polar surface area (TPSA) is 48.0 Å². The molecule has 4 aliphatic heterocycles. The van der Waals surface area contributed by atoms with E-state index in [-0.39, 0.29) is 36.2 Å². The lowest BCUT2D eigenvalue weighted by atomic mass is 9.67. The van der Waals surface area contributed by atoms with Gasteiger partial charge in [0.05, 0.1) is 25.3 Å². The first-order chi connectivity index (χ1) is 22.0. The van der Waals surface area contributed by atoms with Gasteiger partial charge in [0, 0.05) is 48.5 Å². The average molecular weight is 643 g/mol. The quantitative estimate of drug-likeness (QED) is 0.349. The Balaban J connectivity index is 1.16. The van der Waals surface area contributed by atoms with Crippen molar-refractivity contribution in [1.82, 2.24) is 15.1 Å². The van der Waals surface area contributed by atoms with E-state index in [0.717, 1.165) is 24.7 Å². The summed E-state index contributed by atoms with van der Waals surface area (Å²) in [7, 11) is 2.20. The first kappa shape index (κ1) is 32.0. The van der Waals surface area contributed by atoms with Gasteiger partial charge in [0.2, 0.25) is 0 Å². The largest absolute Gasteiger partial charge is 0.416 e. The lowest BCUT2D eigenvalue weighted by molar-refractivity contribution is -0.138. The highest BCUT2D eigenvalue weighted by molar-refractivity contribution is 6.10. The minimum absolute atomic E-state index is 0.0140. The zero-order valence-electron chi connectivity index (χ0n) is 26.9. The molecule has 4 atom stereocenters. The number of hydrogen-bond acceptors (Lipinski definition) is 5. The van der Waals surface area contributed by atoms with Crippen molar-refractivity contribution in [1.29, 1.82) is 0 Å². The smallest absolute Gasteiger partial charge is 0.379 e. The molecule has 2 aromatic carbocycles. The molecule has 3 saturated heterocycles. The molecule has 5 aliphatic rings. The second-order valence-corrected chi connectivity index (χ2v) is 14.7. The molecule has 0 aromatic heterocycles. The van der Waals surface area contributed by atoms with Crippen LogP contribution < -0.4 is 10.2 Å². The van der Waals surface area contributed by atoms with Crippen molar-refractivity contribution in [2.24, 2.45) is 11.8 Å². The van der Waals surface area contributed by atoms with Gasteiger partial charge in [-0.3, -0.25) is 14.6 Å². The molecule has 1 amide bonds. The van der Waals surface area contributed by atoms with Gasteiger partial charge < -0.3 is 15.0 Å². The lowest BCUT2D eigenvalue weighted by Gasteiger charge is -2.52. The molecule has 1 aliphatic carbocycles. The normalized spacial score (nSPS) is 29.3. The SMILES string of the molecule is CC1NCN(C)C(CC2(c3cccc(N4Cc5c(cc(CN6CCC[C@H](F)C6)cc5C(F)(F)F)C4=O)c3)COC2)C1C1CCCC1. The summed E-state index contributed by atoms with van der Waals surface area (Å²) in [5.74, 6) is 0.808. The summed E-state index contributed by atoms with van der Waals surface area (Å²) in [4.78, 5) is 19.6. The van der Waals surface area contributed by atoms with Crippen molar-refractivity contribution in [3.8, 4) is 0 Å². The van der Waals surface area contributed by atoms with Crippen LogP contribution in [0.25, 0.3) is 0 Å². The van der Waals surface area contributed by atoms with E-state index in [2.05, 4.69) is 30.3 Å². The van der Waals surface area contributed by atoms with Crippen LogP contribution in [0.3, 0.4) is 0 Å². The molecule has 7 rings (SSSR count). The Labute approximate surface area is 269 Å². The van der Waals surface area contributed by atoms with Crippen LogP contribution >= 0.6 is 0 Å². The lowest BCUT2D eigenvalue weighted by Crippen LogP contribution is -2.62. The van der Waals surface area contributed by atoms with E-state index in [1.165, 1.54) is 30.6 Å². The molecule has 4 heterocycles. The van der Waals surface area contributed by atoms with Crippen LogP contribution in [0.4, 0.5) is 23.2 Å². The zero-order valence-corrected chi connectivity index (χ0v) is 26.9. The summed E-state index contributed by atoms with van der Waals surface area (Å²) in [6.45, 7) is 5.21. The summed E-state index contributed by atoms with van der Waals surface area (Å²) in [6, 6.07) is 11.4.